The fraction of sp³-hybridized carbons (Fsp3) is 0.350. The van der Waals surface area contributed by atoms with Gasteiger partial charge in [0.25, 0.3) is 10.0 Å². The molecule has 0 saturated heterocycles. The van der Waals surface area contributed by atoms with Crippen molar-refractivity contribution in [3.8, 4) is 5.75 Å². The number of carbonyl (C=O) groups is 1. The monoisotopic (exact) mass is 459 g/mol. The third-order valence-corrected chi connectivity index (χ3v) is 6.23. The first-order valence-corrected chi connectivity index (χ1v) is 11.2. The molecule has 0 bridgehead atoms. The van der Waals surface area contributed by atoms with E-state index in [1.54, 1.807) is 38.1 Å². The molecule has 2 aromatic carbocycles. The Labute approximate surface area is 181 Å². The summed E-state index contributed by atoms with van der Waals surface area (Å²) in [6.07, 6.45) is 0.475. The molecule has 6 nitrogen and oxygen atoms in total. The number of rotatable bonds is 9. The summed E-state index contributed by atoms with van der Waals surface area (Å²) in [5.41, 5.74) is 0.292. The molecule has 29 heavy (non-hydrogen) atoms. The average molecular weight is 460 g/mol. The van der Waals surface area contributed by atoms with Crippen LogP contribution in [0.5, 0.6) is 5.75 Å². The zero-order chi connectivity index (χ0) is 21.6. The van der Waals surface area contributed by atoms with E-state index in [2.05, 4.69) is 0 Å². The molecule has 0 spiro atoms. The highest BCUT2D eigenvalue weighted by atomic mass is 35.5. The highest BCUT2D eigenvalue weighted by molar-refractivity contribution is 7.92. The number of esters is 1. The van der Waals surface area contributed by atoms with Crippen molar-refractivity contribution in [3.05, 3.63) is 52.5 Å². The van der Waals surface area contributed by atoms with Crippen molar-refractivity contribution < 1.29 is 22.7 Å². The van der Waals surface area contributed by atoms with Crippen LogP contribution in [0.2, 0.25) is 10.0 Å². The second kappa shape index (κ2) is 10.2. The molecule has 0 fully saturated rings. The number of carbonyl (C=O) groups excluding carboxylic acids is 1. The van der Waals surface area contributed by atoms with Crippen LogP contribution in [0.1, 0.15) is 27.2 Å². The molecule has 0 aliphatic carbocycles. The predicted molar refractivity (Wildman–Crippen MR) is 114 cm³/mol. The quantitative estimate of drug-likeness (QED) is 0.497. The molecule has 0 heterocycles. The zero-order valence-electron chi connectivity index (χ0n) is 16.4. The van der Waals surface area contributed by atoms with Crippen molar-refractivity contribution in [2.75, 3.05) is 17.5 Å². The fourth-order valence-electron chi connectivity index (χ4n) is 2.43. The van der Waals surface area contributed by atoms with Crippen LogP contribution in [-0.4, -0.2) is 33.6 Å². The van der Waals surface area contributed by atoms with Gasteiger partial charge in [-0.05, 0) is 62.7 Å². The van der Waals surface area contributed by atoms with Gasteiger partial charge in [0, 0.05) is 0 Å². The average Bonchev–Trinajstić information content (AvgIpc) is 2.66. The summed E-state index contributed by atoms with van der Waals surface area (Å²) in [5, 5.41) is 0.328. The minimum Gasteiger partial charge on any atom is -0.494 e. The van der Waals surface area contributed by atoms with E-state index in [0.29, 0.717) is 18.0 Å². The maximum absolute atomic E-state index is 13.3. The lowest BCUT2D eigenvalue weighted by molar-refractivity contribution is -0.145. The van der Waals surface area contributed by atoms with Gasteiger partial charge in [0.15, 0.2) is 0 Å². The van der Waals surface area contributed by atoms with E-state index in [1.807, 2.05) is 6.92 Å². The minimum atomic E-state index is -4.11. The highest BCUT2D eigenvalue weighted by Gasteiger charge is 2.28. The molecule has 2 rings (SSSR count). The minimum absolute atomic E-state index is 0.0874. The lowest BCUT2D eigenvalue weighted by atomic mass is 10.3. The molecule has 0 aliphatic heterocycles. The Morgan fingerprint density at radius 3 is 2.28 bits per heavy atom. The van der Waals surface area contributed by atoms with Crippen molar-refractivity contribution in [3.63, 3.8) is 0 Å². The topological polar surface area (TPSA) is 72.9 Å². The maximum Gasteiger partial charge on any atom is 0.327 e. The molecule has 0 saturated carbocycles. The van der Waals surface area contributed by atoms with Crippen molar-refractivity contribution >= 4 is 44.9 Å². The first kappa shape index (κ1) is 23.3. The summed E-state index contributed by atoms with van der Waals surface area (Å²) in [6, 6.07) is 10.4. The SMILES string of the molecule is CCCOc1ccc(N(CC(=O)OC(C)C)S(=O)(=O)c2ccc(Cl)c(Cl)c2)cc1. The van der Waals surface area contributed by atoms with Crippen molar-refractivity contribution in [2.24, 2.45) is 0 Å². The zero-order valence-corrected chi connectivity index (χ0v) is 18.7. The highest BCUT2D eigenvalue weighted by Crippen LogP contribution is 2.30. The molecular weight excluding hydrogens is 437 g/mol. The van der Waals surface area contributed by atoms with Crippen LogP contribution in [0.25, 0.3) is 0 Å². The summed E-state index contributed by atoms with van der Waals surface area (Å²) in [7, 11) is -4.11. The molecular formula is C20H23Cl2NO5S. The molecule has 2 aromatic rings. The number of halogens is 2. The van der Waals surface area contributed by atoms with Gasteiger partial charge in [-0.1, -0.05) is 30.1 Å². The van der Waals surface area contributed by atoms with Gasteiger partial charge in [0.05, 0.1) is 33.3 Å². The van der Waals surface area contributed by atoms with E-state index >= 15 is 0 Å². The number of hydrogen-bond donors (Lipinski definition) is 0. The molecule has 0 atom stereocenters. The van der Waals surface area contributed by atoms with Crippen LogP contribution < -0.4 is 9.04 Å². The van der Waals surface area contributed by atoms with Gasteiger partial charge in [0.1, 0.15) is 12.3 Å². The third kappa shape index (κ3) is 6.26. The first-order chi connectivity index (χ1) is 13.6. The summed E-state index contributed by atoms with van der Waals surface area (Å²) >= 11 is 11.9. The third-order valence-electron chi connectivity index (χ3n) is 3.72. The van der Waals surface area contributed by atoms with Crippen LogP contribution in [0.4, 0.5) is 5.69 Å². The van der Waals surface area contributed by atoms with Gasteiger partial charge in [-0.3, -0.25) is 9.10 Å². The second-order valence-corrected chi connectivity index (χ2v) is 9.15. The Kier molecular flexibility index (Phi) is 8.19. The standard InChI is InChI=1S/C20H23Cl2NO5S/c1-4-11-27-16-7-5-15(6-8-16)23(13-20(24)28-14(2)3)29(25,26)17-9-10-18(21)19(22)12-17/h5-10,12,14H,4,11,13H2,1-3H3. The Bertz CT molecular complexity index is 946. The first-order valence-electron chi connectivity index (χ1n) is 9.05. The summed E-state index contributed by atoms with van der Waals surface area (Å²) in [6.45, 7) is 5.42. The van der Waals surface area contributed by atoms with Gasteiger partial charge >= 0.3 is 5.97 Å². The molecule has 9 heteroatoms. The van der Waals surface area contributed by atoms with Crippen LogP contribution in [0, 0.1) is 0 Å². The Balaban J connectivity index is 2.43. The number of anilines is 1. The number of ether oxygens (including phenoxy) is 2. The van der Waals surface area contributed by atoms with Gasteiger partial charge in [0.2, 0.25) is 0 Å². The van der Waals surface area contributed by atoms with Crippen LogP contribution in [0.3, 0.4) is 0 Å². The number of nitrogens with zero attached hydrogens (tertiary/aromatic N) is 1. The van der Waals surface area contributed by atoms with Gasteiger partial charge in [-0.2, -0.15) is 0 Å². The van der Waals surface area contributed by atoms with E-state index in [1.165, 1.54) is 18.2 Å². The number of benzene rings is 2. The van der Waals surface area contributed by atoms with Crippen LogP contribution >= 0.6 is 23.2 Å². The van der Waals surface area contributed by atoms with Crippen molar-refractivity contribution in [2.45, 2.75) is 38.2 Å². The van der Waals surface area contributed by atoms with E-state index in [0.717, 1.165) is 10.7 Å². The van der Waals surface area contributed by atoms with Gasteiger partial charge in [-0.25, -0.2) is 8.42 Å². The molecule has 0 N–H and O–H groups in total. The number of hydrogen-bond acceptors (Lipinski definition) is 5. The van der Waals surface area contributed by atoms with Crippen molar-refractivity contribution in [1.29, 1.82) is 0 Å². The van der Waals surface area contributed by atoms with E-state index in [-0.39, 0.29) is 21.0 Å². The van der Waals surface area contributed by atoms with Gasteiger partial charge < -0.3 is 9.47 Å². The largest absolute Gasteiger partial charge is 0.494 e. The van der Waals surface area contributed by atoms with Crippen LogP contribution in [-0.2, 0) is 19.6 Å². The Hall–Kier alpha value is -1.96. The number of sulfonamides is 1. The predicted octanol–water partition coefficient (Wildman–Crippen LogP) is 4.93. The molecule has 0 radical (unpaired) electrons. The molecule has 158 valence electrons. The summed E-state index contributed by atoms with van der Waals surface area (Å²) in [4.78, 5) is 12.2. The smallest absolute Gasteiger partial charge is 0.327 e. The lowest BCUT2D eigenvalue weighted by Crippen LogP contribution is -2.37. The van der Waals surface area contributed by atoms with E-state index in [4.69, 9.17) is 32.7 Å². The van der Waals surface area contributed by atoms with Gasteiger partial charge in [-0.15, -0.1) is 0 Å². The lowest BCUT2D eigenvalue weighted by Gasteiger charge is -2.24. The fourth-order valence-corrected chi connectivity index (χ4v) is 4.22. The second-order valence-electron chi connectivity index (χ2n) is 6.47. The van der Waals surface area contributed by atoms with Crippen molar-refractivity contribution in [1.82, 2.24) is 0 Å². The Morgan fingerprint density at radius 1 is 1.07 bits per heavy atom. The maximum atomic E-state index is 13.3. The molecule has 0 unspecified atom stereocenters. The normalized spacial score (nSPS) is 11.4. The summed E-state index contributed by atoms with van der Waals surface area (Å²) in [5.74, 6) is -0.0674. The molecule has 0 aromatic heterocycles. The Morgan fingerprint density at radius 2 is 1.72 bits per heavy atom. The summed E-state index contributed by atoms with van der Waals surface area (Å²) < 4.78 is 38.2. The van der Waals surface area contributed by atoms with E-state index < -0.39 is 22.5 Å². The van der Waals surface area contributed by atoms with Crippen LogP contribution in [0.15, 0.2) is 47.4 Å². The van der Waals surface area contributed by atoms with E-state index in [9.17, 15) is 13.2 Å². The molecule has 0 amide bonds. The molecule has 0 aliphatic rings.